The first-order valence-corrected chi connectivity index (χ1v) is 11.3. The van der Waals surface area contributed by atoms with Gasteiger partial charge in [0.2, 0.25) is 0 Å². The molecule has 0 saturated carbocycles. The molecule has 1 aromatic rings. The van der Waals surface area contributed by atoms with E-state index in [1.54, 1.807) is 25.6 Å². The Morgan fingerprint density at radius 1 is 1.29 bits per heavy atom. The number of hydrogen-bond donors (Lipinski definition) is 4. The second-order valence-electron chi connectivity index (χ2n) is 9.29. The van der Waals surface area contributed by atoms with E-state index < -0.39 is 0 Å². The molecule has 0 unspecified atom stereocenters. The number of anilines is 1. The van der Waals surface area contributed by atoms with E-state index in [-0.39, 0.29) is 11.0 Å². The first-order valence-electron chi connectivity index (χ1n) is 11.3. The number of pyridine rings is 1. The van der Waals surface area contributed by atoms with Crippen LogP contribution in [0, 0.1) is 27.6 Å². The van der Waals surface area contributed by atoms with Crippen LogP contribution in [0.3, 0.4) is 0 Å². The molecule has 0 radical (unpaired) electrons. The van der Waals surface area contributed by atoms with Crippen LogP contribution in [0.25, 0.3) is 5.57 Å². The van der Waals surface area contributed by atoms with Crippen molar-refractivity contribution in [2.24, 2.45) is 5.41 Å². The van der Waals surface area contributed by atoms with Crippen LogP contribution >= 0.6 is 0 Å². The average Bonchev–Trinajstić information content (AvgIpc) is 2.81. The predicted octanol–water partition coefficient (Wildman–Crippen LogP) is 4.95. The molecule has 1 aliphatic rings. The van der Waals surface area contributed by atoms with Crippen molar-refractivity contribution in [3.8, 4) is 6.07 Å². The third-order valence-electron chi connectivity index (χ3n) is 5.22. The number of nitriles is 1. The average molecular weight is 458 g/mol. The first-order chi connectivity index (χ1) is 16.2. The first kappa shape index (κ1) is 26.3. The Kier molecular flexibility index (Phi) is 9.14. The summed E-state index contributed by atoms with van der Waals surface area (Å²) in [4.78, 5) is 6.90. The lowest BCUT2D eigenvalue weighted by Gasteiger charge is -2.27. The van der Waals surface area contributed by atoms with Crippen LogP contribution in [0.4, 0.5) is 5.82 Å². The minimum atomic E-state index is 0.187. The van der Waals surface area contributed by atoms with Gasteiger partial charge in [-0.15, -0.1) is 0 Å². The number of allylic oxidation sites excluding steroid dienone is 5. The van der Waals surface area contributed by atoms with Crippen LogP contribution in [-0.4, -0.2) is 37.6 Å². The van der Waals surface area contributed by atoms with Crippen molar-refractivity contribution < 1.29 is 0 Å². The molecule has 0 spiro atoms. The second kappa shape index (κ2) is 11.8. The smallest absolute Gasteiger partial charge is 0.128 e. The van der Waals surface area contributed by atoms with Crippen molar-refractivity contribution in [1.82, 2.24) is 15.6 Å². The Morgan fingerprint density at radius 2 is 2.03 bits per heavy atom. The number of dihydropyridines is 1. The zero-order chi connectivity index (χ0) is 25.3. The SMILES string of the molecule is C=C(CN(CC)c1ccc(C2=CC(/C(C=N)=C/NC)=CN/C2=C(/C#N)C=N)cn1)CC(C)(C)C. The molecule has 34 heavy (non-hydrogen) atoms. The molecular formula is C27H35N7. The van der Waals surface area contributed by atoms with Gasteiger partial charge in [-0.2, -0.15) is 5.26 Å². The summed E-state index contributed by atoms with van der Waals surface area (Å²) in [5.74, 6) is 0.856. The third kappa shape index (κ3) is 6.79. The minimum absolute atomic E-state index is 0.187. The van der Waals surface area contributed by atoms with Crippen molar-refractivity contribution in [1.29, 1.82) is 16.1 Å². The van der Waals surface area contributed by atoms with Crippen molar-refractivity contribution >= 4 is 23.8 Å². The lowest BCUT2D eigenvalue weighted by atomic mass is 9.88. The van der Waals surface area contributed by atoms with Gasteiger partial charge in [0.25, 0.3) is 0 Å². The van der Waals surface area contributed by atoms with Crippen LogP contribution < -0.4 is 15.5 Å². The quantitative estimate of drug-likeness (QED) is 0.226. The van der Waals surface area contributed by atoms with Crippen molar-refractivity contribution in [3.63, 3.8) is 0 Å². The number of hydrogen-bond acceptors (Lipinski definition) is 7. The van der Waals surface area contributed by atoms with Gasteiger partial charge in [0, 0.05) is 73.4 Å². The fourth-order valence-electron chi connectivity index (χ4n) is 3.80. The lowest BCUT2D eigenvalue weighted by Crippen LogP contribution is -2.27. The highest BCUT2D eigenvalue weighted by Gasteiger charge is 2.19. The topological polar surface area (TPSA) is 112 Å². The predicted molar refractivity (Wildman–Crippen MR) is 142 cm³/mol. The highest BCUT2D eigenvalue weighted by atomic mass is 15.2. The summed E-state index contributed by atoms with van der Waals surface area (Å²) < 4.78 is 0. The van der Waals surface area contributed by atoms with Crippen molar-refractivity contribution in [2.45, 2.75) is 34.1 Å². The Labute approximate surface area is 203 Å². The fraction of sp³-hybridized carbons (Fsp3) is 0.333. The van der Waals surface area contributed by atoms with E-state index in [2.05, 4.69) is 55.9 Å². The number of nitrogens with one attached hydrogen (secondary N) is 4. The minimum Gasteiger partial charge on any atom is -0.393 e. The Bertz CT molecular complexity index is 1090. The molecule has 0 aliphatic carbocycles. The van der Waals surface area contributed by atoms with Gasteiger partial charge < -0.3 is 26.4 Å². The van der Waals surface area contributed by atoms with E-state index in [0.29, 0.717) is 11.3 Å². The molecule has 2 rings (SSSR count). The maximum atomic E-state index is 9.53. The van der Waals surface area contributed by atoms with Gasteiger partial charge in [0.05, 0.1) is 11.3 Å². The zero-order valence-electron chi connectivity index (χ0n) is 20.8. The van der Waals surface area contributed by atoms with Crippen LogP contribution in [0.15, 0.2) is 71.4 Å². The molecule has 7 nitrogen and oxygen atoms in total. The molecule has 0 atom stereocenters. The highest BCUT2D eigenvalue weighted by molar-refractivity contribution is 5.95. The molecule has 4 N–H and O–H groups in total. The molecule has 178 valence electrons. The van der Waals surface area contributed by atoms with Crippen LogP contribution in [-0.2, 0) is 0 Å². The van der Waals surface area contributed by atoms with E-state index in [4.69, 9.17) is 15.8 Å². The zero-order valence-corrected chi connectivity index (χ0v) is 20.8. The molecular weight excluding hydrogens is 422 g/mol. The van der Waals surface area contributed by atoms with Gasteiger partial charge in [-0.25, -0.2) is 4.98 Å². The normalized spacial score (nSPS) is 15.2. The van der Waals surface area contributed by atoms with Gasteiger partial charge in [-0.05, 0) is 37.0 Å². The van der Waals surface area contributed by atoms with E-state index in [1.165, 1.54) is 11.8 Å². The summed E-state index contributed by atoms with van der Waals surface area (Å²) in [7, 11) is 1.78. The van der Waals surface area contributed by atoms with Gasteiger partial charge in [0.1, 0.15) is 11.9 Å². The van der Waals surface area contributed by atoms with Gasteiger partial charge in [-0.3, -0.25) is 0 Å². The van der Waals surface area contributed by atoms with Crippen LogP contribution in [0.5, 0.6) is 0 Å². The van der Waals surface area contributed by atoms with Gasteiger partial charge >= 0.3 is 0 Å². The molecule has 1 aromatic heterocycles. The van der Waals surface area contributed by atoms with Gasteiger partial charge in [0.15, 0.2) is 0 Å². The molecule has 1 aliphatic heterocycles. The maximum Gasteiger partial charge on any atom is 0.128 e. The third-order valence-corrected chi connectivity index (χ3v) is 5.22. The van der Waals surface area contributed by atoms with Crippen molar-refractivity contribution in [3.05, 3.63) is 76.9 Å². The molecule has 0 bridgehead atoms. The molecule has 0 fully saturated rings. The second-order valence-corrected chi connectivity index (χ2v) is 9.29. The number of aromatic nitrogens is 1. The summed E-state index contributed by atoms with van der Waals surface area (Å²) in [6.07, 6.45) is 10.4. The van der Waals surface area contributed by atoms with Crippen LogP contribution in [0.2, 0.25) is 0 Å². The van der Waals surface area contributed by atoms with E-state index in [1.807, 2.05) is 18.2 Å². The Hall–Kier alpha value is -3.92. The monoisotopic (exact) mass is 457 g/mol. The van der Waals surface area contributed by atoms with Crippen LogP contribution in [0.1, 0.15) is 39.7 Å². The van der Waals surface area contributed by atoms with E-state index in [9.17, 15) is 5.26 Å². The Balaban J connectivity index is 2.44. The summed E-state index contributed by atoms with van der Waals surface area (Å²) in [6.45, 7) is 14.5. The summed E-state index contributed by atoms with van der Waals surface area (Å²) in [5, 5.41) is 31.0. The summed E-state index contributed by atoms with van der Waals surface area (Å²) >= 11 is 0. The number of rotatable bonds is 10. The Morgan fingerprint density at radius 3 is 2.53 bits per heavy atom. The lowest BCUT2D eigenvalue weighted by molar-refractivity contribution is 0.407. The summed E-state index contributed by atoms with van der Waals surface area (Å²) in [6, 6.07) is 6.02. The molecule has 0 aromatic carbocycles. The number of nitrogens with zero attached hydrogens (tertiary/aromatic N) is 3. The van der Waals surface area contributed by atoms with Gasteiger partial charge in [-0.1, -0.05) is 32.9 Å². The summed E-state index contributed by atoms with van der Waals surface area (Å²) in [5.41, 5.74) is 5.11. The maximum absolute atomic E-state index is 9.53. The molecule has 7 heteroatoms. The highest BCUT2D eigenvalue weighted by Crippen LogP contribution is 2.31. The van der Waals surface area contributed by atoms with E-state index >= 15 is 0 Å². The standard InChI is InChI=1S/C27H35N7/c1-7-34(18-19(2)11-27(3,4)5)25-9-8-20(16-32-25)24-10-21(23(14-30)15-31-6)17-33-26(24)22(12-28)13-29/h8-10,12,14-17,28,30-31,33H,2,7,11,18H2,1,3-6H3/b23-15+,26-22+,28-12?,30-14?. The van der Waals surface area contributed by atoms with E-state index in [0.717, 1.165) is 48.3 Å². The molecule has 2 heterocycles. The van der Waals surface area contributed by atoms with Crippen molar-refractivity contribution in [2.75, 3.05) is 25.0 Å². The number of likely N-dealkylation sites (N-methyl/N-ethyl adjacent to an activating group) is 1. The molecule has 0 saturated heterocycles. The largest absolute Gasteiger partial charge is 0.393 e. The fourth-order valence-corrected chi connectivity index (χ4v) is 3.80. The molecule has 0 amide bonds.